The number of anilines is 4. The van der Waals surface area contributed by atoms with Gasteiger partial charge in [0.15, 0.2) is 0 Å². The fourth-order valence-corrected chi connectivity index (χ4v) is 10.6. The molecule has 270 valence electrons. The average molecular weight is 705 g/mol. The first-order valence-electron chi connectivity index (χ1n) is 20.2. The fraction of sp³-hybridized carbons (Fsp3) is 0.320. The molecule has 0 saturated carbocycles. The summed E-state index contributed by atoms with van der Waals surface area (Å²) in [5, 5.41) is 0. The molecule has 0 fully saturated rings. The summed E-state index contributed by atoms with van der Waals surface area (Å²) in [7, 11) is 0. The highest BCUT2D eigenvalue weighted by molar-refractivity contribution is 6.98. The number of benzene rings is 5. The van der Waals surface area contributed by atoms with Gasteiger partial charge in [0, 0.05) is 11.4 Å². The van der Waals surface area contributed by atoms with Crippen LogP contribution in [0.1, 0.15) is 98.9 Å². The van der Waals surface area contributed by atoms with Crippen LogP contribution >= 0.6 is 0 Å². The van der Waals surface area contributed by atoms with Crippen LogP contribution in [0.2, 0.25) is 0 Å². The lowest BCUT2D eigenvalue weighted by molar-refractivity contribution is 0.590. The Bertz CT molecular complexity index is 2460. The van der Waals surface area contributed by atoms with Crippen molar-refractivity contribution >= 4 is 63.5 Å². The number of nitrogens with zero attached hydrogens (tertiary/aromatic N) is 2. The van der Waals surface area contributed by atoms with Gasteiger partial charge in [0.2, 0.25) is 13.4 Å². The van der Waals surface area contributed by atoms with E-state index in [2.05, 4.69) is 178 Å². The summed E-state index contributed by atoms with van der Waals surface area (Å²) < 4.78 is 0. The summed E-state index contributed by atoms with van der Waals surface area (Å²) in [6.45, 7) is 28.2. The number of hydrogen-bond donors (Lipinski definition) is 0. The largest absolute Gasteiger partial charge is 0.308 e. The van der Waals surface area contributed by atoms with Gasteiger partial charge in [0.05, 0.1) is 22.8 Å². The molecule has 0 bridgehead atoms. The Morgan fingerprint density at radius 2 is 1.02 bits per heavy atom. The van der Waals surface area contributed by atoms with E-state index in [1.807, 2.05) is 0 Å². The normalized spacial score (nSPS) is 15.9. The number of aryl methyl sites for hydroxylation is 6. The van der Waals surface area contributed by atoms with Crippen molar-refractivity contribution in [1.29, 1.82) is 0 Å². The molecule has 5 aromatic carbocycles. The van der Waals surface area contributed by atoms with Crippen LogP contribution < -0.4 is 37.1 Å². The van der Waals surface area contributed by atoms with Crippen molar-refractivity contribution in [3.63, 3.8) is 0 Å². The molecular formula is C50H54B2N2. The van der Waals surface area contributed by atoms with Crippen LogP contribution in [0.4, 0.5) is 22.7 Å². The molecule has 5 aromatic rings. The van der Waals surface area contributed by atoms with Crippen LogP contribution in [0.3, 0.4) is 0 Å². The Morgan fingerprint density at radius 3 is 1.56 bits per heavy atom. The molecule has 3 heterocycles. The third-order valence-electron chi connectivity index (χ3n) is 12.9. The molecule has 3 aliphatic heterocycles. The van der Waals surface area contributed by atoms with E-state index >= 15 is 0 Å². The summed E-state index contributed by atoms with van der Waals surface area (Å²) in [6, 6.07) is 31.6. The Morgan fingerprint density at radius 1 is 0.519 bits per heavy atom. The maximum atomic E-state index is 2.69. The molecular weight excluding hydrogens is 650 g/mol. The Labute approximate surface area is 325 Å². The van der Waals surface area contributed by atoms with Gasteiger partial charge >= 0.3 is 0 Å². The maximum Gasteiger partial charge on any atom is 0.247 e. The second kappa shape index (κ2) is 11.9. The summed E-state index contributed by atoms with van der Waals surface area (Å²) in [4.78, 5) is 5.39. The van der Waals surface area contributed by atoms with Crippen molar-refractivity contribution in [3.8, 4) is 0 Å². The van der Waals surface area contributed by atoms with Crippen LogP contribution in [0, 0.1) is 41.5 Å². The van der Waals surface area contributed by atoms with E-state index in [4.69, 9.17) is 0 Å². The number of para-hydroxylation sites is 1. The highest BCUT2D eigenvalue weighted by Gasteiger charge is 2.49. The van der Waals surface area contributed by atoms with Gasteiger partial charge in [-0.2, -0.15) is 0 Å². The molecule has 0 unspecified atom stereocenters. The van der Waals surface area contributed by atoms with Crippen LogP contribution in [0.25, 0.3) is 0 Å². The predicted molar refractivity (Wildman–Crippen MR) is 236 cm³/mol. The van der Waals surface area contributed by atoms with E-state index in [0.717, 1.165) is 12.8 Å². The fourth-order valence-electron chi connectivity index (χ4n) is 10.6. The molecule has 0 radical (unpaired) electrons. The topological polar surface area (TPSA) is 6.48 Å². The highest BCUT2D eigenvalue weighted by atomic mass is 15.3. The molecule has 9 rings (SSSR count). The molecule has 0 amide bonds. The first-order chi connectivity index (χ1) is 25.5. The molecule has 0 saturated heterocycles. The summed E-state index contributed by atoms with van der Waals surface area (Å²) in [6.07, 6.45) is 4.64. The average Bonchev–Trinajstić information content (AvgIpc) is 3.09. The monoisotopic (exact) mass is 704 g/mol. The first kappa shape index (κ1) is 35.0. The third-order valence-corrected chi connectivity index (χ3v) is 12.9. The minimum absolute atomic E-state index is 0.0198. The standard InChI is InChI=1S/C50H54B2N2/c1-29-23-31(3)45(32(4)24-29)51-37-21-19-35(49(7,8)9)27-43(37)53-42-18-14-16-40-48(42)54(41-17-13-15-39(51)47(41)53)44-28-36(50(10,11)12)20-22-38(44)52(40)46-33(5)25-30(2)26-34(46)6/h13,15,17-28H,14,16H2,1-12H3. The van der Waals surface area contributed by atoms with Crippen LogP contribution in [-0.4, -0.2) is 13.4 Å². The SMILES string of the molecule is Cc1cc(C)c(B2C3=C4C(=CCC3)N3c5cc(C(C)(C)C)ccc5B(c5c(C)cc(C)cc5C)c5cccc(c53)N4c3cc(C(C)(C)C)ccc32)c(C)c1. The Kier molecular flexibility index (Phi) is 7.72. The van der Waals surface area contributed by atoms with Crippen molar-refractivity contribution < 1.29 is 0 Å². The van der Waals surface area contributed by atoms with Crippen molar-refractivity contribution in [2.45, 2.75) is 107 Å². The van der Waals surface area contributed by atoms with E-state index in [9.17, 15) is 0 Å². The first-order valence-corrected chi connectivity index (χ1v) is 20.2. The zero-order valence-corrected chi connectivity index (χ0v) is 34.5. The van der Waals surface area contributed by atoms with Gasteiger partial charge in [-0.25, -0.2) is 0 Å². The minimum atomic E-state index is 0.0198. The number of rotatable bonds is 2. The Balaban J connectivity index is 1.41. The third kappa shape index (κ3) is 5.08. The van der Waals surface area contributed by atoms with Crippen LogP contribution in [0.15, 0.2) is 102 Å². The lowest BCUT2D eigenvalue weighted by atomic mass is 9.32. The van der Waals surface area contributed by atoms with E-state index < -0.39 is 0 Å². The van der Waals surface area contributed by atoms with E-state index in [1.54, 1.807) is 5.47 Å². The van der Waals surface area contributed by atoms with Gasteiger partial charge in [0.25, 0.3) is 0 Å². The van der Waals surface area contributed by atoms with Crippen molar-refractivity contribution in [1.82, 2.24) is 0 Å². The van der Waals surface area contributed by atoms with E-state index in [-0.39, 0.29) is 24.3 Å². The quantitative estimate of drug-likeness (QED) is 0.169. The van der Waals surface area contributed by atoms with Crippen molar-refractivity contribution in [3.05, 3.63) is 146 Å². The molecule has 2 nitrogen and oxygen atoms in total. The molecule has 0 spiro atoms. The summed E-state index contributed by atoms with van der Waals surface area (Å²) in [5.41, 5.74) is 27.7. The van der Waals surface area contributed by atoms with Gasteiger partial charge in [-0.3, -0.25) is 0 Å². The van der Waals surface area contributed by atoms with Gasteiger partial charge in [-0.15, -0.1) is 0 Å². The lowest BCUT2D eigenvalue weighted by Gasteiger charge is -2.52. The van der Waals surface area contributed by atoms with Gasteiger partial charge < -0.3 is 9.80 Å². The molecule has 0 N–H and O–H groups in total. The van der Waals surface area contributed by atoms with Crippen molar-refractivity contribution in [2.75, 3.05) is 9.80 Å². The molecule has 0 atom stereocenters. The number of fused-ring (bicyclic) bond motifs is 6. The zero-order chi connectivity index (χ0) is 38.2. The second-order valence-corrected chi connectivity index (χ2v) is 18.9. The van der Waals surface area contributed by atoms with Gasteiger partial charge in [-0.1, -0.05) is 158 Å². The smallest absolute Gasteiger partial charge is 0.247 e. The Hall–Kier alpha value is -4.69. The molecule has 4 aliphatic rings. The number of allylic oxidation sites excluding steroid dienone is 2. The molecule has 0 aromatic heterocycles. The molecule has 1 aliphatic carbocycles. The highest BCUT2D eigenvalue weighted by Crippen LogP contribution is 2.54. The maximum absolute atomic E-state index is 2.69. The van der Waals surface area contributed by atoms with E-state index in [0.29, 0.717) is 0 Å². The second-order valence-electron chi connectivity index (χ2n) is 18.9. The summed E-state index contributed by atoms with van der Waals surface area (Å²) in [5.74, 6) is 0. The van der Waals surface area contributed by atoms with Crippen molar-refractivity contribution in [2.24, 2.45) is 0 Å². The van der Waals surface area contributed by atoms with Crippen LogP contribution in [-0.2, 0) is 10.8 Å². The van der Waals surface area contributed by atoms with Gasteiger partial charge in [-0.05, 0) is 111 Å². The van der Waals surface area contributed by atoms with E-state index in [1.165, 1.54) is 106 Å². The predicted octanol–water partition coefficient (Wildman–Crippen LogP) is 9.35. The summed E-state index contributed by atoms with van der Waals surface area (Å²) >= 11 is 0. The van der Waals surface area contributed by atoms with Gasteiger partial charge in [0.1, 0.15) is 0 Å². The zero-order valence-electron chi connectivity index (χ0n) is 34.5. The minimum Gasteiger partial charge on any atom is -0.308 e. The van der Waals surface area contributed by atoms with Crippen LogP contribution in [0.5, 0.6) is 0 Å². The lowest BCUT2D eigenvalue weighted by Crippen LogP contribution is -2.61. The molecule has 4 heteroatoms. The molecule has 54 heavy (non-hydrogen) atoms. The number of hydrogen-bond acceptors (Lipinski definition) is 2.